The first-order chi connectivity index (χ1) is 19.5. The van der Waals surface area contributed by atoms with Gasteiger partial charge in [-0.1, -0.05) is 48.7 Å². The summed E-state index contributed by atoms with van der Waals surface area (Å²) < 4.78 is 44.6. The van der Waals surface area contributed by atoms with E-state index in [4.69, 9.17) is 34.8 Å². The van der Waals surface area contributed by atoms with Gasteiger partial charge in [-0.2, -0.15) is 18.3 Å². The van der Waals surface area contributed by atoms with Crippen LogP contribution in [0, 0.1) is 22.7 Å². The van der Waals surface area contributed by atoms with Gasteiger partial charge in [-0.05, 0) is 74.8 Å². The van der Waals surface area contributed by atoms with E-state index in [1.807, 2.05) is 0 Å². The molecule has 0 saturated heterocycles. The molecule has 3 fully saturated rings. The minimum atomic E-state index is -4.92. The maximum atomic E-state index is 14.6. The lowest BCUT2D eigenvalue weighted by molar-refractivity contribution is -0.152. The molecule has 3 aliphatic carbocycles. The van der Waals surface area contributed by atoms with Crippen LogP contribution in [0.3, 0.4) is 0 Å². The van der Waals surface area contributed by atoms with Gasteiger partial charge in [-0.25, -0.2) is 0 Å². The fourth-order valence-electron chi connectivity index (χ4n) is 7.07. The normalized spacial score (nSPS) is 28.3. The minimum absolute atomic E-state index is 0.0187. The molecule has 1 N–H and O–H groups in total. The Balaban J connectivity index is 1.48. The number of hydrogen-bond acceptors (Lipinski definition) is 4. The smallest absolute Gasteiger partial charge is 0.433 e. The van der Waals surface area contributed by atoms with Crippen LogP contribution in [0.4, 0.5) is 13.2 Å². The number of rotatable bonds is 7. The summed E-state index contributed by atoms with van der Waals surface area (Å²) in [5, 5.41) is 13.7. The molecule has 13 heteroatoms. The summed E-state index contributed by atoms with van der Waals surface area (Å²) >= 11 is 18.5. The van der Waals surface area contributed by atoms with E-state index >= 15 is 0 Å². The number of alkyl halides is 3. The zero-order chi connectivity index (χ0) is 30.9. The van der Waals surface area contributed by atoms with Gasteiger partial charge in [0.1, 0.15) is 0 Å². The average molecular weight is 649 g/mol. The van der Waals surface area contributed by atoms with E-state index in [2.05, 4.69) is 18.9 Å². The van der Waals surface area contributed by atoms with Crippen molar-refractivity contribution in [3.8, 4) is 0 Å². The highest BCUT2D eigenvalue weighted by Gasteiger charge is 2.63. The first kappa shape index (κ1) is 31.1. The van der Waals surface area contributed by atoms with Gasteiger partial charge in [-0.3, -0.25) is 19.1 Å². The van der Waals surface area contributed by atoms with Crippen LogP contribution < -0.4 is 0 Å². The Morgan fingerprint density at radius 1 is 1.05 bits per heavy atom. The number of aromatic nitrogens is 2. The fraction of sp³-hybridized carbons (Fsp3) is 0.586. The van der Waals surface area contributed by atoms with E-state index in [0.29, 0.717) is 24.7 Å². The molecule has 42 heavy (non-hydrogen) atoms. The molecule has 1 heterocycles. The summed E-state index contributed by atoms with van der Waals surface area (Å²) in [6.45, 7) is 5.30. The summed E-state index contributed by atoms with van der Waals surface area (Å²) in [6, 6.07) is 1.50. The number of hydrogen-bond donors (Lipinski definition) is 1. The number of halogens is 6. The number of carbonyl (C=O) groups excluding carboxylic acids is 2. The van der Waals surface area contributed by atoms with Crippen molar-refractivity contribution in [2.24, 2.45) is 22.7 Å². The van der Waals surface area contributed by atoms with E-state index in [0.717, 1.165) is 10.9 Å². The fourth-order valence-corrected chi connectivity index (χ4v) is 8.10. The molecule has 3 saturated carbocycles. The first-order valence-corrected chi connectivity index (χ1v) is 15.0. The number of aliphatic carboxylic acids is 1. The molecule has 1 aromatic carbocycles. The molecular formula is C29H31Cl3F3N3O4. The molecule has 228 valence electrons. The third-order valence-electron chi connectivity index (χ3n) is 9.86. The lowest BCUT2D eigenvalue weighted by Gasteiger charge is -2.35. The van der Waals surface area contributed by atoms with Crippen LogP contribution in [0.5, 0.6) is 0 Å². The topological polar surface area (TPSA) is 92.5 Å². The minimum Gasteiger partial charge on any atom is -0.481 e. The molecule has 1 amide bonds. The van der Waals surface area contributed by atoms with Crippen LogP contribution in [0.2, 0.25) is 15.1 Å². The number of nitrogens with zero attached hydrogens (tertiary/aromatic N) is 3. The zero-order valence-electron chi connectivity index (χ0n) is 23.3. The summed E-state index contributed by atoms with van der Waals surface area (Å²) in [5.41, 5.74) is -2.85. The highest BCUT2D eigenvalue weighted by Crippen LogP contribution is 2.67. The van der Waals surface area contributed by atoms with Gasteiger partial charge in [-0.15, -0.1) is 0 Å². The highest BCUT2D eigenvalue weighted by molar-refractivity contribution is 6.42. The second-order valence-corrected chi connectivity index (χ2v) is 14.0. The number of fused-ring (bicyclic) bond motifs is 1. The van der Waals surface area contributed by atoms with Crippen LogP contribution in [-0.4, -0.2) is 50.0 Å². The molecule has 1 unspecified atom stereocenters. The van der Waals surface area contributed by atoms with E-state index in [9.17, 15) is 32.7 Å². The summed E-state index contributed by atoms with van der Waals surface area (Å²) in [5.74, 6) is -1.96. The Morgan fingerprint density at radius 2 is 1.60 bits per heavy atom. The van der Waals surface area contributed by atoms with Crippen molar-refractivity contribution in [2.75, 3.05) is 6.54 Å². The van der Waals surface area contributed by atoms with Crippen molar-refractivity contribution in [3.05, 3.63) is 50.2 Å². The molecule has 3 aliphatic rings. The van der Waals surface area contributed by atoms with Crippen molar-refractivity contribution in [3.63, 3.8) is 0 Å². The first-order valence-electron chi connectivity index (χ1n) is 13.8. The molecule has 0 radical (unpaired) electrons. The van der Waals surface area contributed by atoms with Crippen molar-refractivity contribution in [1.82, 2.24) is 14.7 Å². The second-order valence-electron chi connectivity index (χ2n) is 12.7. The molecule has 0 aliphatic heterocycles. The van der Waals surface area contributed by atoms with Crippen molar-refractivity contribution in [2.45, 2.75) is 77.6 Å². The highest BCUT2D eigenvalue weighted by atomic mass is 35.5. The standard InChI is InChI=1S/C29H31Cl3F3N3O4/c1-27(2)18-10-16(11-19(18)27)37(13-22(39)23-20(31)8-14(30)9-21(23)32)25(40)17-12-36-38(24(17)29(33,34)35)15-4-6-28(3,7-5-15)26(41)42/h8-9,12,15-16,18-19H,4-7,10-11,13H2,1-3H3,(H,41,42)/t15?,16?,18-,19+,28?. The summed E-state index contributed by atoms with van der Waals surface area (Å²) in [4.78, 5) is 40.4. The third kappa shape index (κ3) is 5.43. The Morgan fingerprint density at radius 3 is 2.10 bits per heavy atom. The maximum absolute atomic E-state index is 14.6. The second kappa shape index (κ2) is 10.7. The number of benzene rings is 1. The Kier molecular flexibility index (Phi) is 7.93. The van der Waals surface area contributed by atoms with Gasteiger partial charge in [0.2, 0.25) is 0 Å². The van der Waals surface area contributed by atoms with E-state index in [-0.39, 0.29) is 51.7 Å². The third-order valence-corrected chi connectivity index (χ3v) is 10.7. The molecule has 0 bridgehead atoms. The number of ketones is 1. The van der Waals surface area contributed by atoms with Crippen molar-refractivity contribution < 1.29 is 32.7 Å². The molecule has 5 rings (SSSR count). The summed E-state index contributed by atoms with van der Waals surface area (Å²) in [6.07, 6.45) is -2.21. The Bertz CT molecular complexity index is 1410. The van der Waals surface area contributed by atoms with Gasteiger partial charge in [0.05, 0.1) is 45.4 Å². The van der Waals surface area contributed by atoms with E-state index in [1.54, 1.807) is 6.92 Å². The van der Waals surface area contributed by atoms with Gasteiger partial charge in [0.15, 0.2) is 11.5 Å². The van der Waals surface area contributed by atoms with Crippen LogP contribution in [0.1, 0.15) is 91.7 Å². The Hall–Kier alpha value is -2.30. The zero-order valence-corrected chi connectivity index (χ0v) is 25.5. The molecule has 7 nitrogen and oxygen atoms in total. The largest absolute Gasteiger partial charge is 0.481 e. The number of carboxylic acids is 1. The van der Waals surface area contributed by atoms with E-state index < -0.39 is 59.1 Å². The van der Waals surface area contributed by atoms with Gasteiger partial charge in [0.25, 0.3) is 5.91 Å². The van der Waals surface area contributed by atoms with Crippen LogP contribution >= 0.6 is 34.8 Å². The molecule has 1 aromatic heterocycles. The van der Waals surface area contributed by atoms with E-state index in [1.165, 1.54) is 17.0 Å². The van der Waals surface area contributed by atoms with Crippen LogP contribution in [0.15, 0.2) is 18.3 Å². The van der Waals surface area contributed by atoms with Crippen LogP contribution in [-0.2, 0) is 11.0 Å². The van der Waals surface area contributed by atoms with Crippen molar-refractivity contribution >= 4 is 52.5 Å². The van der Waals surface area contributed by atoms with Gasteiger partial charge < -0.3 is 10.0 Å². The lowest BCUT2D eigenvalue weighted by Crippen LogP contribution is -2.44. The molecule has 3 atom stereocenters. The molecular weight excluding hydrogens is 618 g/mol. The predicted molar refractivity (Wildman–Crippen MR) is 151 cm³/mol. The quantitative estimate of drug-likeness (QED) is 0.309. The predicted octanol–water partition coefficient (Wildman–Crippen LogP) is 7.83. The maximum Gasteiger partial charge on any atom is 0.433 e. The van der Waals surface area contributed by atoms with Crippen LogP contribution in [0.25, 0.3) is 0 Å². The number of amides is 1. The number of carboxylic acid groups (broad SMARTS) is 1. The SMILES string of the molecule is CC1(C(=O)O)CCC(n2ncc(C(=O)N(CC(=O)c3c(Cl)cc(Cl)cc3Cl)C3C[C@@H]4[C@H](C3)C4(C)C)c2C(F)(F)F)CC1. The molecule has 0 spiro atoms. The Labute approximate surface area is 256 Å². The monoisotopic (exact) mass is 647 g/mol. The number of Topliss-reactive ketones (excluding diaryl/α,β-unsaturated/α-hetero) is 1. The lowest BCUT2D eigenvalue weighted by atomic mass is 9.74. The van der Waals surface area contributed by atoms with Gasteiger partial charge in [0, 0.05) is 11.1 Å². The average Bonchev–Trinajstić information content (AvgIpc) is 3.30. The molecule has 2 aromatic rings. The van der Waals surface area contributed by atoms with Gasteiger partial charge >= 0.3 is 12.1 Å². The number of carbonyl (C=O) groups is 3. The van der Waals surface area contributed by atoms with Crippen molar-refractivity contribution in [1.29, 1.82) is 0 Å². The summed E-state index contributed by atoms with van der Waals surface area (Å²) in [7, 11) is 0.